The van der Waals surface area contributed by atoms with Crippen LogP contribution in [0.25, 0.3) is 0 Å². The number of aromatic nitrogens is 2. The van der Waals surface area contributed by atoms with Crippen LogP contribution in [-0.4, -0.2) is 73.8 Å². The second-order valence-corrected chi connectivity index (χ2v) is 5.98. The predicted molar refractivity (Wildman–Crippen MR) is 88.0 cm³/mol. The molecule has 0 radical (unpaired) electrons. The lowest BCUT2D eigenvalue weighted by Gasteiger charge is -2.34. The Labute approximate surface area is 133 Å². The van der Waals surface area contributed by atoms with Crippen molar-refractivity contribution in [1.29, 1.82) is 0 Å². The Morgan fingerprint density at radius 1 is 1.32 bits per heavy atom. The minimum absolute atomic E-state index is 0.207. The van der Waals surface area contributed by atoms with Crippen LogP contribution in [0.15, 0.2) is 12.3 Å². The van der Waals surface area contributed by atoms with Crippen molar-refractivity contribution in [1.82, 2.24) is 19.9 Å². The molecule has 1 aromatic heterocycles. The first-order valence-corrected chi connectivity index (χ1v) is 8.79. The number of nitrogens with one attached hydrogen (secondary N) is 1. The number of piperazine rings is 1. The molecule has 1 aromatic rings. The minimum atomic E-state index is -1.77. The summed E-state index contributed by atoms with van der Waals surface area (Å²) in [5.41, 5.74) is 3.26. The summed E-state index contributed by atoms with van der Waals surface area (Å²) >= 11 is -1.77. The van der Waals surface area contributed by atoms with Crippen molar-refractivity contribution in [3.05, 3.63) is 12.3 Å². The fourth-order valence-corrected chi connectivity index (χ4v) is 2.91. The van der Waals surface area contributed by atoms with Crippen LogP contribution < -0.4 is 10.3 Å². The highest BCUT2D eigenvalue weighted by Gasteiger charge is 2.20. The van der Waals surface area contributed by atoms with Crippen LogP contribution in [0.2, 0.25) is 0 Å². The van der Waals surface area contributed by atoms with E-state index in [2.05, 4.69) is 39.2 Å². The Bertz CT molecular complexity index is 491. The first kappa shape index (κ1) is 17.1. The summed E-state index contributed by atoms with van der Waals surface area (Å²) in [5, 5.41) is 2.07. The first-order valence-electron chi connectivity index (χ1n) is 7.51. The van der Waals surface area contributed by atoms with Gasteiger partial charge in [0, 0.05) is 51.5 Å². The van der Waals surface area contributed by atoms with Crippen molar-refractivity contribution in [2.45, 2.75) is 13.8 Å². The molecule has 0 amide bonds. The van der Waals surface area contributed by atoms with E-state index in [0.29, 0.717) is 5.95 Å². The van der Waals surface area contributed by atoms with E-state index in [-0.39, 0.29) is 5.88 Å². The predicted octanol–water partition coefficient (Wildman–Crippen LogP) is 0.447. The van der Waals surface area contributed by atoms with E-state index in [1.54, 1.807) is 6.20 Å². The normalized spacial score (nSPS) is 17.7. The van der Waals surface area contributed by atoms with Crippen LogP contribution in [0.3, 0.4) is 0 Å². The molecule has 1 atom stereocenters. The summed E-state index contributed by atoms with van der Waals surface area (Å²) in [7, 11) is 0. The molecular weight excluding hydrogens is 304 g/mol. The van der Waals surface area contributed by atoms with Crippen molar-refractivity contribution < 1.29 is 8.76 Å². The molecule has 1 saturated heterocycles. The second kappa shape index (κ2) is 8.37. The molecule has 2 N–H and O–H groups in total. The minimum Gasteiger partial charge on any atom is -0.338 e. The summed E-state index contributed by atoms with van der Waals surface area (Å²) in [5.74, 6) is 1.69. The van der Waals surface area contributed by atoms with Gasteiger partial charge in [-0.2, -0.15) is 4.98 Å². The van der Waals surface area contributed by atoms with Crippen molar-refractivity contribution in [3.8, 4) is 0 Å². The molecule has 2 heterocycles. The van der Waals surface area contributed by atoms with Crippen molar-refractivity contribution in [2.24, 2.45) is 0 Å². The summed E-state index contributed by atoms with van der Waals surface area (Å²) in [6.45, 7) is 8.95. The van der Waals surface area contributed by atoms with Crippen LogP contribution in [0, 0.1) is 0 Å². The van der Waals surface area contributed by atoms with E-state index in [9.17, 15) is 4.21 Å². The van der Waals surface area contributed by atoms with Gasteiger partial charge < -0.3 is 14.9 Å². The lowest BCUT2D eigenvalue weighted by Crippen LogP contribution is -2.47. The summed E-state index contributed by atoms with van der Waals surface area (Å²) in [6.07, 6.45) is 1.75. The Kier molecular flexibility index (Phi) is 6.49. The van der Waals surface area contributed by atoms with Gasteiger partial charge >= 0.3 is 0 Å². The van der Waals surface area contributed by atoms with E-state index >= 15 is 0 Å². The molecule has 0 saturated carbocycles. The smallest absolute Gasteiger partial charge is 0.227 e. The van der Waals surface area contributed by atoms with Crippen LogP contribution in [-0.2, 0) is 11.1 Å². The van der Waals surface area contributed by atoms with E-state index < -0.39 is 11.1 Å². The van der Waals surface area contributed by atoms with E-state index in [0.717, 1.165) is 45.1 Å². The Morgan fingerprint density at radius 3 is 2.59 bits per heavy atom. The second-order valence-electron chi connectivity index (χ2n) is 5.08. The zero-order chi connectivity index (χ0) is 15.9. The Balaban J connectivity index is 1.94. The standard InChI is InChI=1S/C13H24N6O2S/c1-3-19(4-2)16-12-5-6-14-13(15-12)18-9-7-17(8-10-18)11-22(20)21/h5-6H,3-4,7-11H2,1-2H3,(H,20,21)(H,14,15,16). The van der Waals surface area contributed by atoms with Gasteiger partial charge in [-0.1, -0.05) is 13.8 Å². The van der Waals surface area contributed by atoms with Crippen LogP contribution in [0.1, 0.15) is 13.8 Å². The van der Waals surface area contributed by atoms with E-state index in [1.165, 1.54) is 0 Å². The zero-order valence-corrected chi connectivity index (χ0v) is 13.9. The first-order chi connectivity index (χ1) is 10.6. The molecular formula is C13H24N6O2S. The largest absolute Gasteiger partial charge is 0.338 e. The maximum atomic E-state index is 10.8. The highest BCUT2D eigenvalue weighted by Crippen LogP contribution is 2.14. The van der Waals surface area contributed by atoms with E-state index in [1.807, 2.05) is 11.0 Å². The molecule has 1 aliphatic rings. The maximum Gasteiger partial charge on any atom is 0.227 e. The molecule has 1 unspecified atom stereocenters. The summed E-state index contributed by atoms with van der Waals surface area (Å²) in [6, 6.07) is 1.85. The van der Waals surface area contributed by atoms with Crippen LogP contribution >= 0.6 is 0 Å². The molecule has 9 heteroatoms. The van der Waals surface area contributed by atoms with Gasteiger partial charge in [-0.05, 0) is 0 Å². The van der Waals surface area contributed by atoms with Gasteiger partial charge in [0.2, 0.25) is 5.95 Å². The third-order valence-electron chi connectivity index (χ3n) is 3.63. The van der Waals surface area contributed by atoms with Crippen molar-refractivity contribution in [3.63, 3.8) is 0 Å². The van der Waals surface area contributed by atoms with Crippen LogP contribution in [0.4, 0.5) is 11.8 Å². The average molecular weight is 328 g/mol. The SMILES string of the molecule is CCN(CC)Nc1ccnc(N2CCN(CS(=O)O)CC2)n1. The van der Waals surface area contributed by atoms with Gasteiger partial charge in [0.05, 0.1) is 0 Å². The Morgan fingerprint density at radius 2 is 2.00 bits per heavy atom. The lowest BCUT2D eigenvalue weighted by molar-refractivity contribution is 0.291. The van der Waals surface area contributed by atoms with Crippen molar-refractivity contribution in [2.75, 3.05) is 55.5 Å². The lowest BCUT2D eigenvalue weighted by atomic mass is 10.3. The zero-order valence-electron chi connectivity index (χ0n) is 13.1. The molecule has 1 fully saturated rings. The van der Waals surface area contributed by atoms with E-state index in [4.69, 9.17) is 4.55 Å². The number of anilines is 2. The fraction of sp³-hybridized carbons (Fsp3) is 0.692. The molecule has 8 nitrogen and oxygen atoms in total. The number of hydrogen-bond donors (Lipinski definition) is 2. The molecule has 124 valence electrons. The highest BCUT2D eigenvalue weighted by molar-refractivity contribution is 7.79. The van der Waals surface area contributed by atoms with Gasteiger partial charge in [0.1, 0.15) is 11.7 Å². The number of nitrogens with zero attached hydrogens (tertiary/aromatic N) is 5. The molecule has 22 heavy (non-hydrogen) atoms. The highest BCUT2D eigenvalue weighted by atomic mass is 32.2. The van der Waals surface area contributed by atoms with Gasteiger partial charge in [-0.3, -0.25) is 4.90 Å². The van der Waals surface area contributed by atoms with Gasteiger partial charge in [-0.25, -0.2) is 14.2 Å². The Hall–Kier alpha value is -1.29. The summed E-state index contributed by atoms with van der Waals surface area (Å²) in [4.78, 5) is 13.0. The number of hydrogen-bond acceptors (Lipinski definition) is 7. The van der Waals surface area contributed by atoms with Crippen LogP contribution in [0.5, 0.6) is 0 Å². The topological polar surface area (TPSA) is 84.8 Å². The molecule has 0 bridgehead atoms. The molecule has 0 aromatic carbocycles. The van der Waals surface area contributed by atoms with Gasteiger partial charge in [-0.15, -0.1) is 0 Å². The molecule has 1 aliphatic heterocycles. The maximum absolute atomic E-state index is 10.8. The number of rotatable bonds is 7. The quantitative estimate of drug-likeness (QED) is 0.551. The van der Waals surface area contributed by atoms with Gasteiger partial charge in [0.25, 0.3) is 0 Å². The van der Waals surface area contributed by atoms with Crippen molar-refractivity contribution >= 4 is 22.8 Å². The number of hydrazine groups is 1. The monoisotopic (exact) mass is 328 g/mol. The molecule has 2 rings (SSSR count). The summed E-state index contributed by atoms with van der Waals surface area (Å²) < 4.78 is 19.8. The van der Waals surface area contributed by atoms with Gasteiger partial charge in [0.15, 0.2) is 11.1 Å². The average Bonchev–Trinajstić information content (AvgIpc) is 2.53. The molecule has 0 aliphatic carbocycles. The fourth-order valence-electron chi connectivity index (χ4n) is 2.34. The molecule has 0 spiro atoms. The third kappa shape index (κ3) is 4.87. The third-order valence-corrected chi connectivity index (χ3v) is 4.21.